The molecular formula is C11H12BrNO2. The van der Waals surface area contributed by atoms with Gasteiger partial charge in [0.1, 0.15) is 5.75 Å². The van der Waals surface area contributed by atoms with Gasteiger partial charge in [-0.2, -0.15) is 0 Å². The maximum Gasteiger partial charge on any atom is 0.337 e. The molecule has 0 fully saturated rings. The summed E-state index contributed by atoms with van der Waals surface area (Å²) >= 11 is 3.30. The van der Waals surface area contributed by atoms with Gasteiger partial charge in [0.2, 0.25) is 0 Å². The molecular weight excluding hydrogens is 258 g/mol. The Morgan fingerprint density at radius 1 is 1.47 bits per heavy atom. The molecule has 1 aromatic carbocycles. The molecule has 0 aliphatic carbocycles. The lowest BCUT2D eigenvalue weighted by molar-refractivity contribution is -0.129. The van der Waals surface area contributed by atoms with E-state index in [-0.39, 0.29) is 5.97 Å². The Kier molecular flexibility index (Phi) is 4.37. The number of hydrogen-bond donors (Lipinski definition) is 0. The molecule has 0 aliphatic heterocycles. The normalized spacial score (nSPS) is 10.3. The van der Waals surface area contributed by atoms with Crippen LogP contribution in [0.1, 0.15) is 0 Å². The van der Waals surface area contributed by atoms with Crippen molar-refractivity contribution in [3.63, 3.8) is 0 Å². The number of hydrogen-bond acceptors (Lipinski definition) is 3. The molecule has 1 rings (SSSR count). The third-order valence-electron chi connectivity index (χ3n) is 1.52. The molecule has 0 bridgehead atoms. The van der Waals surface area contributed by atoms with Crippen molar-refractivity contribution in [2.24, 2.45) is 0 Å². The minimum atomic E-state index is -0.387. The maximum absolute atomic E-state index is 11.3. The van der Waals surface area contributed by atoms with Crippen molar-refractivity contribution in [3.8, 4) is 5.75 Å². The minimum absolute atomic E-state index is 0.387. The summed E-state index contributed by atoms with van der Waals surface area (Å²) in [4.78, 5) is 13.0. The number of rotatable bonds is 3. The molecule has 3 nitrogen and oxygen atoms in total. The largest absolute Gasteiger partial charge is 0.423 e. The van der Waals surface area contributed by atoms with Gasteiger partial charge >= 0.3 is 5.97 Å². The molecule has 4 heteroatoms. The van der Waals surface area contributed by atoms with Crippen LogP contribution in [0.15, 0.2) is 41.0 Å². The monoisotopic (exact) mass is 269 g/mol. The van der Waals surface area contributed by atoms with Gasteiger partial charge in [0.05, 0.1) is 0 Å². The molecule has 0 saturated heterocycles. The Morgan fingerprint density at radius 2 is 2.20 bits per heavy atom. The van der Waals surface area contributed by atoms with Crippen molar-refractivity contribution in [3.05, 3.63) is 41.0 Å². The molecule has 1 aromatic rings. The van der Waals surface area contributed by atoms with Crippen LogP contribution in [0.2, 0.25) is 0 Å². The van der Waals surface area contributed by atoms with E-state index in [1.165, 1.54) is 6.08 Å². The van der Waals surface area contributed by atoms with Crippen LogP contribution in [-0.4, -0.2) is 25.0 Å². The van der Waals surface area contributed by atoms with Crippen LogP contribution in [0.5, 0.6) is 5.75 Å². The smallest absolute Gasteiger partial charge is 0.337 e. The number of nitrogens with zero attached hydrogens (tertiary/aromatic N) is 1. The SMILES string of the molecule is CN(C)/C=C/C(=O)Oc1cccc(Br)c1. The first-order valence-corrected chi connectivity index (χ1v) is 5.19. The number of carbonyl (C=O) groups excluding carboxylic acids is 1. The van der Waals surface area contributed by atoms with Gasteiger partial charge in [-0.3, -0.25) is 0 Å². The molecule has 0 aromatic heterocycles. The summed E-state index contributed by atoms with van der Waals surface area (Å²) < 4.78 is 5.94. The second-order valence-corrected chi connectivity index (χ2v) is 4.07. The first-order valence-electron chi connectivity index (χ1n) is 4.40. The van der Waals surface area contributed by atoms with Crippen LogP contribution in [0, 0.1) is 0 Å². The van der Waals surface area contributed by atoms with Gasteiger partial charge < -0.3 is 9.64 Å². The Balaban J connectivity index is 2.59. The van der Waals surface area contributed by atoms with E-state index in [4.69, 9.17) is 4.74 Å². The summed E-state index contributed by atoms with van der Waals surface area (Å²) in [6.45, 7) is 0. The van der Waals surface area contributed by atoms with Gasteiger partial charge in [0.25, 0.3) is 0 Å². The van der Waals surface area contributed by atoms with Crippen molar-refractivity contribution >= 4 is 21.9 Å². The van der Waals surface area contributed by atoms with Gasteiger partial charge in [-0.15, -0.1) is 0 Å². The molecule has 0 radical (unpaired) electrons. The van der Waals surface area contributed by atoms with Crippen molar-refractivity contribution in [1.29, 1.82) is 0 Å². The summed E-state index contributed by atoms with van der Waals surface area (Å²) in [6.07, 6.45) is 3.02. The third-order valence-corrected chi connectivity index (χ3v) is 2.02. The van der Waals surface area contributed by atoms with E-state index in [0.29, 0.717) is 5.75 Å². The van der Waals surface area contributed by atoms with Crippen LogP contribution in [0.3, 0.4) is 0 Å². The Labute approximate surface area is 97.5 Å². The molecule has 0 amide bonds. The number of ether oxygens (including phenoxy) is 1. The molecule has 15 heavy (non-hydrogen) atoms. The van der Waals surface area contributed by atoms with Crippen LogP contribution in [0.25, 0.3) is 0 Å². The van der Waals surface area contributed by atoms with Crippen molar-refractivity contribution in [1.82, 2.24) is 4.90 Å². The first-order chi connectivity index (χ1) is 7.08. The highest BCUT2D eigenvalue weighted by molar-refractivity contribution is 9.10. The lowest BCUT2D eigenvalue weighted by Gasteiger charge is -2.04. The zero-order valence-electron chi connectivity index (χ0n) is 8.61. The molecule has 80 valence electrons. The van der Waals surface area contributed by atoms with E-state index in [2.05, 4.69) is 15.9 Å². The van der Waals surface area contributed by atoms with E-state index >= 15 is 0 Å². The van der Waals surface area contributed by atoms with Gasteiger partial charge in [-0.25, -0.2) is 4.79 Å². The second kappa shape index (κ2) is 5.56. The topological polar surface area (TPSA) is 29.5 Å². The Bertz CT molecular complexity index is 375. The fraction of sp³-hybridized carbons (Fsp3) is 0.182. The second-order valence-electron chi connectivity index (χ2n) is 3.16. The molecule has 0 saturated carbocycles. The van der Waals surface area contributed by atoms with Crippen molar-refractivity contribution in [2.75, 3.05) is 14.1 Å². The van der Waals surface area contributed by atoms with Gasteiger partial charge in [-0.1, -0.05) is 22.0 Å². The summed E-state index contributed by atoms with van der Waals surface area (Å²) in [6, 6.07) is 7.14. The molecule has 0 aliphatic rings. The average Bonchev–Trinajstić information content (AvgIpc) is 2.15. The standard InChI is InChI=1S/C11H12BrNO2/c1-13(2)7-6-11(14)15-10-5-3-4-9(12)8-10/h3-8H,1-2H3/b7-6+. The maximum atomic E-state index is 11.3. The molecule has 0 heterocycles. The fourth-order valence-corrected chi connectivity index (χ4v) is 1.27. The van der Waals surface area contributed by atoms with E-state index in [1.807, 2.05) is 26.2 Å². The lowest BCUT2D eigenvalue weighted by Crippen LogP contribution is -2.07. The quantitative estimate of drug-likeness (QED) is 0.480. The number of halogens is 1. The molecule has 0 spiro atoms. The van der Waals surface area contributed by atoms with Crippen LogP contribution in [-0.2, 0) is 4.79 Å². The van der Waals surface area contributed by atoms with Crippen LogP contribution in [0.4, 0.5) is 0 Å². The molecule has 0 N–H and O–H groups in total. The number of benzene rings is 1. The van der Waals surface area contributed by atoms with Gasteiger partial charge in [0.15, 0.2) is 0 Å². The van der Waals surface area contributed by atoms with E-state index < -0.39 is 0 Å². The van der Waals surface area contributed by atoms with Gasteiger partial charge in [0, 0.05) is 30.8 Å². The van der Waals surface area contributed by atoms with E-state index in [1.54, 1.807) is 23.2 Å². The third kappa shape index (κ3) is 4.65. The highest BCUT2D eigenvalue weighted by Crippen LogP contribution is 2.17. The minimum Gasteiger partial charge on any atom is -0.423 e. The predicted molar refractivity (Wildman–Crippen MR) is 62.6 cm³/mol. The summed E-state index contributed by atoms with van der Waals surface area (Å²) in [5, 5.41) is 0. The molecule has 0 atom stereocenters. The average molecular weight is 270 g/mol. The number of esters is 1. The highest BCUT2D eigenvalue weighted by atomic mass is 79.9. The summed E-state index contributed by atoms with van der Waals surface area (Å²) in [5.74, 6) is 0.139. The molecule has 0 unspecified atom stereocenters. The van der Waals surface area contributed by atoms with Crippen LogP contribution >= 0.6 is 15.9 Å². The van der Waals surface area contributed by atoms with Crippen LogP contribution < -0.4 is 4.74 Å². The van der Waals surface area contributed by atoms with E-state index in [0.717, 1.165) is 4.47 Å². The fourth-order valence-electron chi connectivity index (χ4n) is 0.891. The van der Waals surface area contributed by atoms with Crippen molar-refractivity contribution < 1.29 is 9.53 Å². The summed E-state index contributed by atoms with van der Waals surface area (Å²) in [5.41, 5.74) is 0. The zero-order valence-corrected chi connectivity index (χ0v) is 10.2. The number of carbonyl (C=O) groups is 1. The van der Waals surface area contributed by atoms with Crippen molar-refractivity contribution in [2.45, 2.75) is 0 Å². The van der Waals surface area contributed by atoms with E-state index in [9.17, 15) is 4.79 Å². The highest BCUT2D eigenvalue weighted by Gasteiger charge is 2.00. The predicted octanol–water partition coefficient (Wildman–Crippen LogP) is 2.43. The lowest BCUT2D eigenvalue weighted by atomic mass is 10.3. The summed E-state index contributed by atoms with van der Waals surface area (Å²) in [7, 11) is 3.67. The Hall–Kier alpha value is -1.29. The van der Waals surface area contributed by atoms with Gasteiger partial charge in [-0.05, 0) is 18.2 Å². The zero-order chi connectivity index (χ0) is 11.3. The Morgan fingerprint density at radius 3 is 2.80 bits per heavy atom. The first kappa shape index (κ1) is 11.8.